The van der Waals surface area contributed by atoms with E-state index in [0.717, 1.165) is 11.3 Å². The van der Waals surface area contributed by atoms with E-state index in [4.69, 9.17) is 23.2 Å². The Morgan fingerprint density at radius 1 is 1.08 bits per heavy atom. The highest BCUT2D eigenvalue weighted by atomic mass is 35.5. The normalized spacial score (nSPS) is 12.5. The first-order valence-electron chi connectivity index (χ1n) is 8.33. The largest absolute Gasteiger partial charge is 0.325 e. The van der Waals surface area contributed by atoms with Crippen molar-refractivity contribution in [3.8, 4) is 0 Å². The number of likely N-dealkylation sites (N-methyl/N-ethyl adjacent to an activating group) is 1. The van der Waals surface area contributed by atoms with E-state index >= 15 is 0 Å². The Labute approximate surface area is 159 Å². The lowest BCUT2D eigenvalue weighted by molar-refractivity contribution is -0.120. The second-order valence-corrected chi connectivity index (χ2v) is 7.36. The molecule has 2 rings (SSSR count). The van der Waals surface area contributed by atoms with Gasteiger partial charge in [-0.05, 0) is 49.2 Å². The first kappa shape index (κ1) is 19.8. The summed E-state index contributed by atoms with van der Waals surface area (Å²) in [7, 11) is 1.89. The molecule has 0 saturated heterocycles. The van der Waals surface area contributed by atoms with Gasteiger partial charge >= 0.3 is 0 Å². The van der Waals surface area contributed by atoms with Crippen LogP contribution in [0, 0.1) is 0 Å². The van der Waals surface area contributed by atoms with Gasteiger partial charge < -0.3 is 5.32 Å². The number of hydrogen-bond acceptors (Lipinski definition) is 2. The summed E-state index contributed by atoms with van der Waals surface area (Å²) in [6.07, 6.45) is 0. The summed E-state index contributed by atoms with van der Waals surface area (Å²) in [5.74, 6) is 0.412. The maximum atomic E-state index is 12.5. The van der Waals surface area contributed by atoms with E-state index in [9.17, 15) is 4.79 Å². The van der Waals surface area contributed by atoms with E-state index in [-0.39, 0.29) is 11.9 Å². The van der Waals surface area contributed by atoms with Crippen molar-refractivity contribution in [1.29, 1.82) is 0 Å². The van der Waals surface area contributed by atoms with Crippen LogP contribution in [-0.2, 0) is 11.3 Å². The second kappa shape index (κ2) is 8.70. The molecule has 2 aromatic carbocycles. The maximum absolute atomic E-state index is 12.5. The summed E-state index contributed by atoms with van der Waals surface area (Å²) in [6, 6.07) is 13.2. The molecule has 0 aliphatic heterocycles. The van der Waals surface area contributed by atoms with Crippen molar-refractivity contribution in [3.05, 3.63) is 63.6 Å². The number of anilines is 1. The van der Waals surface area contributed by atoms with Gasteiger partial charge in [0.15, 0.2) is 0 Å². The Kier molecular flexibility index (Phi) is 6.88. The van der Waals surface area contributed by atoms with Gasteiger partial charge in [-0.1, -0.05) is 61.3 Å². The van der Waals surface area contributed by atoms with Gasteiger partial charge in [-0.15, -0.1) is 0 Å². The van der Waals surface area contributed by atoms with E-state index < -0.39 is 0 Å². The van der Waals surface area contributed by atoms with Crippen LogP contribution in [-0.4, -0.2) is 23.9 Å². The zero-order valence-electron chi connectivity index (χ0n) is 15.0. The minimum absolute atomic E-state index is 0.0575. The number of nitrogens with one attached hydrogen (secondary N) is 1. The molecule has 0 radical (unpaired) electrons. The van der Waals surface area contributed by atoms with E-state index in [1.165, 1.54) is 5.56 Å². The average molecular weight is 379 g/mol. The SMILES string of the molecule is CC(C)c1ccc(NC(=O)C(C)N(C)Cc2cccc(Cl)c2Cl)cc1. The minimum atomic E-state index is -0.306. The number of carbonyl (C=O) groups is 1. The van der Waals surface area contributed by atoms with E-state index in [0.29, 0.717) is 22.5 Å². The highest BCUT2D eigenvalue weighted by molar-refractivity contribution is 6.42. The Balaban J connectivity index is 1.99. The van der Waals surface area contributed by atoms with Crippen molar-refractivity contribution >= 4 is 34.8 Å². The number of benzene rings is 2. The van der Waals surface area contributed by atoms with Crippen molar-refractivity contribution in [2.45, 2.75) is 39.3 Å². The quantitative estimate of drug-likeness (QED) is 0.711. The van der Waals surface area contributed by atoms with Crippen LogP contribution >= 0.6 is 23.2 Å². The first-order chi connectivity index (χ1) is 11.8. The zero-order chi connectivity index (χ0) is 18.6. The first-order valence-corrected chi connectivity index (χ1v) is 9.09. The summed E-state index contributed by atoms with van der Waals surface area (Å²) in [4.78, 5) is 14.4. The van der Waals surface area contributed by atoms with Gasteiger partial charge in [0.1, 0.15) is 0 Å². The van der Waals surface area contributed by atoms with Crippen LogP contribution < -0.4 is 5.32 Å². The molecule has 0 fully saturated rings. The van der Waals surface area contributed by atoms with Gasteiger partial charge in [0.2, 0.25) is 5.91 Å². The van der Waals surface area contributed by atoms with Gasteiger partial charge in [0, 0.05) is 12.2 Å². The molecule has 2 aromatic rings. The minimum Gasteiger partial charge on any atom is -0.325 e. The smallest absolute Gasteiger partial charge is 0.241 e. The summed E-state index contributed by atoms with van der Waals surface area (Å²) in [5, 5.41) is 4.02. The fraction of sp³-hybridized carbons (Fsp3) is 0.350. The van der Waals surface area contributed by atoms with Crippen molar-refractivity contribution in [2.24, 2.45) is 0 Å². The molecule has 0 aromatic heterocycles. The van der Waals surface area contributed by atoms with E-state index in [1.54, 1.807) is 6.07 Å². The fourth-order valence-electron chi connectivity index (χ4n) is 2.47. The van der Waals surface area contributed by atoms with Crippen LogP contribution in [0.15, 0.2) is 42.5 Å². The highest BCUT2D eigenvalue weighted by Crippen LogP contribution is 2.26. The third-order valence-electron chi connectivity index (χ3n) is 4.34. The molecule has 0 heterocycles. The molecule has 3 nitrogen and oxygen atoms in total. The van der Waals surface area contributed by atoms with Gasteiger partial charge in [0.05, 0.1) is 16.1 Å². The molecule has 0 aliphatic carbocycles. The van der Waals surface area contributed by atoms with Crippen molar-refractivity contribution in [1.82, 2.24) is 4.90 Å². The third kappa shape index (κ3) is 5.21. The molecule has 1 N–H and O–H groups in total. The molecule has 0 bridgehead atoms. The van der Waals surface area contributed by atoms with Crippen molar-refractivity contribution < 1.29 is 4.79 Å². The third-order valence-corrected chi connectivity index (χ3v) is 5.19. The van der Waals surface area contributed by atoms with Crippen LogP contribution in [0.2, 0.25) is 10.0 Å². The topological polar surface area (TPSA) is 32.3 Å². The average Bonchev–Trinajstić information content (AvgIpc) is 2.58. The van der Waals surface area contributed by atoms with Crippen LogP contribution in [0.25, 0.3) is 0 Å². The van der Waals surface area contributed by atoms with Crippen molar-refractivity contribution in [3.63, 3.8) is 0 Å². The predicted octanol–water partition coefficient (Wildman–Crippen LogP) is 5.58. The molecule has 25 heavy (non-hydrogen) atoms. The van der Waals surface area contributed by atoms with Crippen molar-refractivity contribution in [2.75, 3.05) is 12.4 Å². The summed E-state index contributed by atoms with van der Waals surface area (Å²) >= 11 is 12.3. The lowest BCUT2D eigenvalue weighted by Gasteiger charge is -2.24. The molecular weight excluding hydrogens is 355 g/mol. The van der Waals surface area contributed by atoms with Gasteiger partial charge in [0.25, 0.3) is 0 Å². The van der Waals surface area contributed by atoms with E-state index in [2.05, 4.69) is 19.2 Å². The molecular formula is C20H24Cl2N2O. The van der Waals surface area contributed by atoms with Gasteiger partial charge in [-0.2, -0.15) is 0 Å². The number of rotatable bonds is 6. The van der Waals surface area contributed by atoms with Crippen LogP contribution in [0.1, 0.15) is 37.8 Å². The Morgan fingerprint density at radius 3 is 2.32 bits per heavy atom. The van der Waals surface area contributed by atoms with Crippen LogP contribution in [0.5, 0.6) is 0 Å². The molecule has 134 valence electrons. The number of amides is 1. The Bertz CT molecular complexity index is 729. The molecule has 1 atom stereocenters. The number of nitrogens with zero attached hydrogens (tertiary/aromatic N) is 1. The monoisotopic (exact) mass is 378 g/mol. The number of halogens is 2. The summed E-state index contributed by atoms with van der Waals surface area (Å²) in [6.45, 7) is 6.70. The zero-order valence-corrected chi connectivity index (χ0v) is 16.5. The predicted molar refractivity (Wildman–Crippen MR) is 107 cm³/mol. The van der Waals surface area contributed by atoms with Gasteiger partial charge in [-0.3, -0.25) is 9.69 Å². The second-order valence-electron chi connectivity index (χ2n) is 6.57. The number of carbonyl (C=O) groups excluding carboxylic acids is 1. The Morgan fingerprint density at radius 2 is 1.72 bits per heavy atom. The summed E-state index contributed by atoms with van der Waals surface area (Å²) in [5.41, 5.74) is 2.95. The van der Waals surface area contributed by atoms with Gasteiger partial charge in [-0.25, -0.2) is 0 Å². The molecule has 1 amide bonds. The fourth-order valence-corrected chi connectivity index (χ4v) is 2.85. The van der Waals surface area contributed by atoms with Crippen LogP contribution in [0.3, 0.4) is 0 Å². The molecule has 5 heteroatoms. The standard InChI is InChI=1S/C20H24Cl2N2O/c1-13(2)15-8-10-17(11-9-15)23-20(25)14(3)24(4)12-16-6-5-7-18(21)19(16)22/h5-11,13-14H,12H2,1-4H3,(H,23,25). The van der Waals surface area contributed by atoms with Crippen LogP contribution in [0.4, 0.5) is 5.69 Å². The molecule has 1 unspecified atom stereocenters. The molecule has 0 saturated carbocycles. The molecule has 0 spiro atoms. The molecule has 0 aliphatic rings. The maximum Gasteiger partial charge on any atom is 0.241 e. The lowest BCUT2D eigenvalue weighted by atomic mass is 10.0. The summed E-state index contributed by atoms with van der Waals surface area (Å²) < 4.78 is 0. The lowest BCUT2D eigenvalue weighted by Crippen LogP contribution is -2.39. The Hall–Kier alpha value is -1.55. The highest BCUT2D eigenvalue weighted by Gasteiger charge is 2.19. The number of hydrogen-bond donors (Lipinski definition) is 1. The van der Waals surface area contributed by atoms with E-state index in [1.807, 2.05) is 55.3 Å².